The van der Waals surface area contributed by atoms with E-state index in [-0.39, 0.29) is 5.91 Å². The van der Waals surface area contributed by atoms with Gasteiger partial charge in [0, 0.05) is 9.37 Å². The average Bonchev–Trinajstić information content (AvgIpc) is 2.52. The van der Waals surface area contributed by atoms with Crippen LogP contribution in [-0.4, -0.2) is 24.8 Å². The smallest absolute Gasteiger partial charge is 0.230 e. The lowest BCUT2D eigenvalue weighted by Gasteiger charge is -2.07. The van der Waals surface area contributed by atoms with Crippen LogP contribution in [0.2, 0.25) is 0 Å². The molecule has 5 heteroatoms. The second-order valence-corrected chi connectivity index (χ2v) is 6.22. The molecular formula is C16H16BrNO2S. The number of hydrogen-bond acceptors (Lipinski definition) is 3. The highest BCUT2D eigenvalue weighted by atomic mass is 79.9. The number of rotatable bonds is 7. The molecule has 0 aliphatic heterocycles. The maximum atomic E-state index is 11.7. The number of hydrogen-bond donors (Lipinski definition) is 1. The van der Waals surface area contributed by atoms with E-state index in [0.29, 0.717) is 18.9 Å². The van der Waals surface area contributed by atoms with Gasteiger partial charge in [0.15, 0.2) is 0 Å². The number of thioether (sulfide) groups is 1. The molecule has 0 aliphatic carbocycles. The van der Waals surface area contributed by atoms with Gasteiger partial charge in [0.1, 0.15) is 12.4 Å². The summed E-state index contributed by atoms with van der Waals surface area (Å²) < 4.78 is 6.54. The van der Waals surface area contributed by atoms with E-state index in [2.05, 4.69) is 21.2 Å². The molecule has 0 aliphatic rings. The lowest BCUT2D eigenvalue weighted by molar-refractivity contribution is -0.118. The number of para-hydroxylation sites is 1. The van der Waals surface area contributed by atoms with Crippen molar-refractivity contribution >= 4 is 33.6 Å². The van der Waals surface area contributed by atoms with E-state index in [1.54, 1.807) is 0 Å². The van der Waals surface area contributed by atoms with Crippen LogP contribution >= 0.6 is 27.7 Å². The minimum Gasteiger partial charge on any atom is -0.492 e. The van der Waals surface area contributed by atoms with Crippen LogP contribution in [-0.2, 0) is 4.79 Å². The molecule has 0 unspecified atom stereocenters. The van der Waals surface area contributed by atoms with E-state index in [9.17, 15) is 4.79 Å². The summed E-state index contributed by atoms with van der Waals surface area (Å²) in [5.41, 5.74) is 0. The predicted octanol–water partition coefficient (Wildman–Crippen LogP) is 3.74. The molecule has 0 aromatic heterocycles. The molecule has 0 saturated carbocycles. The van der Waals surface area contributed by atoms with Crippen LogP contribution in [0.5, 0.6) is 5.75 Å². The molecule has 2 rings (SSSR count). The van der Waals surface area contributed by atoms with Crippen LogP contribution in [0.1, 0.15) is 0 Å². The fourth-order valence-electron chi connectivity index (χ4n) is 1.61. The van der Waals surface area contributed by atoms with Gasteiger partial charge in [-0.25, -0.2) is 0 Å². The summed E-state index contributed by atoms with van der Waals surface area (Å²) in [4.78, 5) is 12.8. The van der Waals surface area contributed by atoms with Gasteiger partial charge in [0.05, 0.1) is 12.3 Å². The molecule has 1 N–H and O–H groups in total. The van der Waals surface area contributed by atoms with Crippen LogP contribution in [0.15, 0.2) is 64.0 Å². The molecular weight excluding hydrogens is 350 g/mol. The van der Waals surface area contributed by atoms with E-state index < -0.39 is 0 Å². The van der Waals surface area contributed by atoms with Gasteiger partial charge in [0.25, 0.3) is 0 Å². The van der Waals surface area contributed by atoms with Crippen molar-refractivity contribution < 1.29 is 9.53 Å². The highest BCUT2D eigenvalue weighted by Gasteiger charge is 2.02. The van der Waals surface area contributed by atoms with Gasteiger partial charge in [-0.3, -0.25) is 4.79 Å². The number of benzene rings is 2. The van der Waals surface area contributed by atoms with Crippen molar-refractivity contribution in [3.05, 3.63) is 59.1 Å². The first-order chi connectivity index (χ1) is 10.2. The van der Waals surface area contributed by atoms with Crippen LogP contribution in [0.3, 0.4) is 0 Å². The summed E-state index contributed by atoms with van der Waals surface area (Å²) in [6.07, 6.45) is 0. The van der Waals surface area contributed by atoms with Gasteiger partial charge >= 0.3 is 0 Å². The van der Waals surface area contributed by atoms with Crippen LogP contribution in [0, 0.1) is 0 Å². The molecule has 0 atom stereocenters. The van der Waals surface area contributed by atoms with Crippen LogP contribution in [0.4, 0.5) is 0 Å². The molecule has 21 heavy (non-hydrogen) atoms. The Morgan fingerprint density at radius 2 is 1.81 bits per heavy atom. The normalized spacial score (nSPS) is 10.1. The standard InChI is InChI=1S/C16H16BrNO2S/c17-13-6-8-15(9-7-13)21-12-16(19)18-10-11-20-14-4-2-1-3-5-14/h1-9H,10-12H2,(H,18,19). The van der Waals surface area contributed by atoms with E-state index in [4.69, 9.17) is 4.74 Å². The molecule has 0 fully saturated rings. The van der Waals surface area contributed by atoms with Gasteiger partial charge in [-0.15, -0.1) is 11.8 Å². The Morgan fingerprint density at radius 1 is 1.10 bits per heavy atom. The molecule has 0 spiro atoms. The van der Waals surface area contributed by atoms with Crippen molar-refractivity contribution in [2.75, 3.05) is 18.9 Å². The van der Waals surface area contributed by atoms with E-state index >= 15 is 0 Å². The topological polar surface area (TPSA) is 38.3 Å². The quantitative estimate of drug-likeness (QED) is 0.599. The van der Waals surface area contributed by atoms with Gasteiger partial charge in [-0.1, -0.05) is 34.1 Å². The Hall–Kier alpha value is -1.46. The third kappa shape index (κ3) is 6.23. The number of carbonyl (C=O) groups is 1. The minimum atomic E-state index is 0.0135. The molecule has 0 saturated heterocycles. The largest absolute Gasteiger partial charge is 0.492 e. The Balaban J connectivity index is 1.60. The minimum absolute atomic E-state index is 0.0135. The molecule has 0 bridgehead atoms. The van der Waals surface area contributed by atoms with E-state index in [1.165, 1.54) is 11.8 Å². The Labute approximate surface area is 137 Å². The van der Waals surface area contributed by atoms with Crippen molar-refractivity contribution in [1.82, 2.24) is 5.32 Å². The maximum absolute atomic E-state index is 11.7. The summed E-state index contributed by atoms with van der Waals surface area (Å²) >= 11 is 4.90. The SMILES string of the molecule is O=C(CSc1ccc(Br)cc1)NCCOc1ccccc1. The first-order valence-electron chi connectivity index (χ1n) is 6.57. The van der Waals surface area contributed by atoms with Gasteiger partial charge in [-0.05, 0) is 36.4 Å². The van der Waals surface area contributed by atoms with Gasteiger partial charge in [0.2, 0.25) is 5.91 Å². The summed E-state index contributed by atoms with van der Waals surface area (Å²) in [5, 5.41) is 2.84. The molecule has 2 aromatic carbocycles. The van der Waals surface area contributed by atoms with Crippen molar-refractivity contribution in [1.29, 1.82) is 0 Å². The molecule has 3 nitrogen and oxygen atoms in total. The number of nitrogens with one attached hydrogen (secondary N) is 1. The van der Waals surface area contributed by atoms with Crippen molar-refractivity contribution in [2.24, 2.45) is 0 Å². The maximum Gasteiger partial charge on any atom is 0.230 e. The number of ether oxygens (including phenoxy) is 1. The van der Waals surface area contributed by atoms with Gasteiger partial charge in [-0.2, -0.15) is 0 Å². The second kappa shape index (κ2) is 8.74. The van der Waals surface area contributed by atoms with Crippen molar-refractivity contribution in [3.63, 3.8) is 0 Å². The molecule has 0 heterocycles. The molecule has 110 valence electrons. The van der Waals surface area contributed by atoms with E-state index in [0.717, 1.165) is 15.1 Å². The highest BCUT2D eigenvalue weighted by Crippen LogP contribution is 2.20. The van der Waals surface area contributed by atoms with Crippen LogP contribution in [0.25, 0.3) is 0 Å². The number of amides is 1. The first-order valence-corrected chi connectivity index (χ1v) is 8.35. The molecule has 1 amide bonds. The summed E-state index contributed by atoms with van der Waals surface area (Å²) in [7, 11) is 0. The number of carbonyl (C=O) groups excluding carboxylic acids is 1. The third-order valence-corrected chi connectivity index (χ3v) is 4.16. The van der Waals surface area contributed by atoms with Gasteiger partial charge < -0.3 is 10.1 Å². The predicted molar refractivity (Wildman–Crippen MR) is 89.8 cm³/mol. The lowest BCUT2D eigenvalue weighted by Crippen LogP contribution is -2.29. The summed E-state index contributed by atoms with van der Waals surface area (Å²) in [6, 6.07) is 17.5. The lowest BCUT2D eigenvalue weighted by atomic mass is 10.3. The highest BCUT2D eigenvalue weighted by molar-refractivity contribution is 9.10. The zero-order valence-corrected chi connectivity index (χ0v) is 13.8. The molecule has 2 aromatic rings. The average molecular weight is 366 g/mol. The second-order valence-electron chi connectivity index (χ2n) is 4.25. The summed E-state index contributed by atoms with van der Waals surface area (Å²) in [6.45, 7) is 0.979. The van der Waals surface area contributed by atoms with Crippen LogP contribution < -0.4 is 10.1 Å². The zero-order valence-electron chi connectivity index (χ0n) is 11.4. The molecule has 0 radical (unpaired) electrons. The third-order valence-electron chi connectivity index (χ3n) is 2.62. The number of halogens is 1. The zero-order chi connectivity index (χ0) is 14.9. The monoisotopic (exact) mass is 365 g/mol. The van der Waals surface area contributed by atoms with Crippen molar-refractivity contribution in [3.8, 4) is 5.75 Å². The van der Waals surface area contributed by atoms with E-state index in [1.807, 2.05) is 54.6 Å². The first kappa shape index (κ1) is 15.9. The van der Waals surface area contributed by atoms with Crippen molar-refractivity contribution in [2.45, 2.75) is 4.90 Å². The fourth-order valence-corrected chi connectivity index (χ4v) is 2.60. The Bertz CT molecular complexity index is 560. The fraction of sp³-hybridized carbons (Fsp3) is 0.188. The Kier molecular flexibility index (Phi) is 6.63. The summed E-state index contributed by atoms with van der Waals surface area (Å²) in [5.74, 6) is 1.24. The Morgan fingerprint density at radius 3 is 2.52 bits per heavy atom.